The molecule has 0 aliphatic rings. The number of Topliss-reactive ketones (excluding diaryl/α,β-unsaturated/α-hetero) is 2. The zero-order chi connectivity index (χ0) is 71.8. The van der Waals surface area contributed by atoms with Gasteiger partial charge in [-0.25, -0.2) is 9.97 Å². The van der Waals surface area contributed by atoms with Crippen LogP contribution in [0.4, 0.5) is 23.3 Å². The van der Waals surface area contributed by atoms with Crippen LogP contribution in [0.3, 0.4) is 0 Å². The van der Waals surface area contributed by atoms with E-state index in [1.165, 1.54) is 12.1 Å². The van der Waals surface area contributed by atoms with Crippen LogP contribution < -0.4 is 29.6 Å². The lowest BCUT2D eigenvalue weighted by Crippen LogP contribution is -2.23. The van der Waals surface area contributed by atoms with Gasteiger partial charge in [0.25, 0.3) is 0 Å². The number of anilines is 4. The smallest absolute Gasteiger partial charge is 0.231 e. The first-order valence-corrected chi connectivity index (χ1v) is 34.7. The molecule has 23 nitrogen and oxygen atoms in total. The number of rotatable bonds is 42. The van der Waals surface area contributed by atoms with Crippen LogP contribution in [0.15, 0.2) is 121 Å². The van der Waals surface area contributed by atoms with Gasteiger partial charge in [0.05, 0.1) is 55.3 Å². The molecule has 8 rings (SSSR count). The maximum Gasteiger partial charge on any atom is 0.231 e. The SMILES string of the molecule is CCCCC(CC)COc1ccc(-c2nc(Nc3ccc(C(=O)CCOC)cc3)nc(-c3ccc(OCC(CC)CCCC)cc3O)n2)c(O)c1.CCCOCC(O)COc1ccc(-c2nc(Nc3ccc(C(=O)CC)cc3)nc(-c3ccc(OCC(O)COCCC)cc3O)n2)c(O)c1. The second-order valence-electron chi connectivity index (χ2n) is 24.2. The van der Waals surface area contributed by atoms with Crippen molar-refractivity contribution >= 4 is 34.8 Å². The van der Waals surface area contributed by atoms with E-state index in [1.807, 2.05) is 13.8 Å². The summed E-state index contributed by atoms with van der Waals surface area (Å²) in [6, 6.07) is 33.2. The third-order valence-corrected chi connectivity index (χ3v) is 16.2. The van der Waals surface area contributed by atoms with E-state index in [9.17, 15) is 40.2 Å². The minimum absolute atomic E-state index is 0.0146. The minimum atomic E-state index is -0.836. The van der Waals surface area contributed by atoms with Crippen LogP contribution in [-0.4, -0.2) is 151 Å². The van der Waals surface area contributed by atoms with Gasteiger partial charge in [0.1, 0.15) is 71.4 Å². The molecular formula is C77H98N8O15. The molecule has 4 unspecified atom stereocenters. The number of aromatic hydroxyl groups is 4. The number of methoxy groups -OCH3 is 1. The molecule has 0 aliphatic heterocycles. The number of hydrogen-bond donors (Lipinski definition) is 8. The summed E-state index contributed by atoms with van der Waals surface area (Å²) in [6.07, 6.45) is 9.54. The second kappa shape index (κ2) is 41.1. The Kier molecular flexibility index (Phi) is 32.0. The molecule has 2 aromatic heterocycles. The maximum atomic E-state index is 12.5. The number of phenolic OH excluding ortho intramolecular Hbond substituents is 4. The van der Waals surface area contributed by atoms with Crippen molar-refractivity contribution in [1.29, 1.82) is 0 Å². The summed E-state index contributed by atoms with van der Waals surface area (Å²) in [7, 11) is 1.57. The third-order valence-electron chi connectivity index (χ3n) is 16.2. The fraction of sp³-hybridized carbons (Fsp3) is 0.429. The van der Waals surface area contributed by atoms with Gasteiger partial charge in [-0.05, 0) is 135 Å². The van der Waals surface area contributed by atoms with E-state index in [1.54, 1.807) is 123 Å². The van der Waals surface area contributed by atoms with E-state index in [-0.39, 0.29) is 107 Å². The van der Waals surface area contributed by atoms with Gasteiger partial charge >= 0.3 is 0 Å². The number of aliphatic hydroxyl groups excluding tert-OH is 2. The van der Waals surface area contributed by atoms with Crippen LogP contribution in [0.25, 0.3) is 45.6 Å². The number of ketones is 2. The average molecular weight is 1380 g/mol. The summed E-state index contributed by atoms with van der Waals surface area (Å²) in [5.41, 5.74) is 3.66. The highest BCUT2D eigenvalue weighted by Gasteiger charge is 2.22. The zero-order valence-corrected chi connectivity index (χ0v) is 58.7. The van der Waals surface area contributed by atoms with Gasteiger partial charge in [-0.2, -0.15) is 19.9 Å². The second-order valence-corrected chi connectivity index (χ2v) is 24.2. The van der Waals surface area contributed by atoms with E-state index >= 15 is 0 Å². The highest BCUT2D eigenvalue weighted by atomic mass is 16.5. The third kappa shape index (κ3) is 24.4. The number of nitrogens with zero attached hydrogens (tertiary/aromatic N) is 6. The van der Waals surface area contributed by atoms with Crippen LogP contribution in [0.2, 0.25) is 0 Å². The molecule has 536 valence electrons. The quantitative estimate of drug-likeness (QED) is 0.0130. The molecule has 0 bridgehead atoms. The molecule has 23 heteroatoms. The van der Waals surface area contributed by atoms with Gasteiger partial charge in [0.2, 0.25) is 11.9 Å². The standard InChI is InChI=1S/C41H54N4O6.C36H44N4O9/c1-6-10-12-28(8-3)26-50-32-18-20-34(37(47)24-32)39-43-40(35-21-19-33(25-38(35)48)51-27-29(9-4)13-11-7-2)45-41(44-39)42-31-16-14-30(15-17-31)36(46)22-23-49-5;1-4-15-46-19-25(41)21-48-27-11-13-29(32(44)17-27)34-38-35(40-36(39-34)37-24-9-7-23(8-10-24)31(43)6-3)30-14-12-28(18-33(30)45)49-22-26(42)20-47-16-5-2/h14-21,24-25,28-29,47-48H,6-13,22-23,26-27H2,1-5H3,(H,42,43,44,45);7-14,17-18,25-26,41-42,44-45H,4-6,15-16,19-22H2,1-3H3,(H,37,38,39,40). The van der Waals surface area contributed by atoms with Crippen LogP contribution in [0.1, 0.15) is 146 Å². The number of hydrogen-bond acceptors (Lipinski definition) is 23. The van der Waals surface area contributed by atoms with Crippen molar-refractivity contribution in [2.24, 2.45) is 11.8 Å². The summed E-state index contributed by atoms with van der Waals surface area (Å²) in [5, 5.41) is 70.8. The summed E-state index contributed by atoms with van der Waals surface area (Å²) >= 11 is 0. The summed E-state index contributed by atoms with van der Waals surface area (Å²) in [6.45, 7) is 17.2. The van der Waals surface area contributed by atoms with Crippen molar-refractivity contribution in [3.8, 4) is 91.5 Å². The normalized spacial score (nSPS) is 12.3. The van der Waals surface area contributed by atoms with Gasteiger partial charge in [-0.3, -0.25) is 9.59 Å². The predicted molar refractivity (Wildman–Crippen MR) is 386 cm³/mol. The molecule has 100 heavy (non-hydrogen) atoms. The molecule has 0 saturated heterocycles. The van der Waals surface area contributed by atoms with Gasteiger partial charge in [0, 0.05) is 79.9 Å². The number of carbonyl (C=O) groups is 2. The van der Waals surface area contributed by atoms with Crippen molar-refractivity contribution in [1.82, 2.24) is 29.9 Å². The van der Waals surface area contributed by atoms with Crippen molar-refractivity contribution in [2.45, 2.75) is 138 Å². The number of nitrogens with one attached hydrogen (secondary N) is 2. The molecule has 8 aromatic rings. The summed E-state index contributed by atoms with van der Waals surface area (Å²) < 4.78 is 39.1. The Bertz CT molecular complexity index is 3650. The highest BCUT2D eigenvalue weighted by Crippen LogP contribution is 2.38. The molecule has 0 spiro atoms. The van der Waals surface area contributed by atoms with Gasteiger partial charge < -0.3 is 74.4 Å². The Morgan fingerprint density at radius 3 is 1.05 bits per heavy atom. The van der Waals surface area contributed by atoms with E-state index in [4.69, 9.17) is 33.2 Å². The fourth-order valence-electron chi connectivity index (χ4n) is 10.2. The average Bonchev–Trinajstić information content (AvgIpc) is 0.801. The van der Waals surface area contributed by atoms with Crippen LogP contribution in [-0.2, 0) is 14.2 Å². The summed E-state index contributed by atoms with van der Waals surface area (Å²) in [5.74, 6) is 3.09. The number of carbonyl (C=O) groups excluding carboxylic acids is 2. The number of ether oxygens (including phenoxy) is 7. The predicted octanol–water partition coefficient (Wildman–Crippen LogP) is 15.1. The molecule has 0 amide bonds. The molecule has 0 aliphatic carbocycles. The van der Waals surface area contributed by atoms with Crippen molar-refractivity contribution < 1.29 is 73.4 Å². The molecule has 0 fully saturated rings. The Hall–Kier alpha value is -9.52. The Morgan fingerprint density at radius 2 is 0.750 bits per heavy atom. The minimum Gasteiger partial charge on any atom is -0.507 e. The zero-order valence-electron chi connectivity index (χ0n) is 58.7. The lowest BCUT2D eigenvalue weighted by molar-refractivity contribution is 0.0123. The highest BCUT2D eigenvalue weighted by molar-refractivity contribution is 5.97. The van der Waals surface area contributed by atoms with Crippen LogP contribution >= 0.6 is 0 Å². The molecule has 8 N–H and O–H groups in total. The number of unbranched alkanes of at least 4 members (excludes halogenated alkanes) is 2. The molecule has 2 heterocycles. The Labute approximate surface area is 586 Å². The molecule has 0 saturated carbocycles. The lowest BCUT2D eigenvalue weighted by Gasteiger charge is -2.17. The molecule has 0 radical (unpaired) electrons. The topological polar surface area (TPSA) is 322 Å². The number of phenols is 4. The van der Waals surface area contributed by atoms with Crippen molar-refractivity contribution in [2.75, 3.05) is 77.2 Å². The lowest BCUT2D eigenvalue weighted by atomic mass is 10.0. The van der Waals surface area contributed by atoms with Crippen LogP contribution in [0.5, 0.6) is 46.0 Å². The maximum absolute atomic E-state index is 12.5. The fourth-order valence-corrected chi connectivity index (χ4v) is 10.2. The van der Waals surface area contributed by atoms with E-state index < -0.39 is 12.2 Å². The number of benzene rings is 6. The van der Waals surface area contributed by atoms with Gasteiger partial charge in [0.15, 0.2) is 34.9 Å². The Balaban J connectivity index is 0.000000281. The first-order valence-electron chi connectivity index (χ1n) is 34.7. The van der Waals surface area contributed by atoms with Crippen molar-refractivity contribution in [3.63, 3.8) is 0 Å². The molecule has 6 aromatic carbocycles. The first-order chi connectivity index (χ1) is 48.5. The van der Waals surface area contributed by atoms with Gasteiger partial charge in [-0.15, -0.1) is 0 Å². The van der Waals surface area contributed by atoms with E-state index in [2.05, 4.69) is 68.2 Å². The molecular weight excluding hydrogens is 1280 g/mol. The monoisotopic (exact) mass is 1370 g/mol. The van der Waals surface area contributed by atoms with Crippen LogP contribution in [0, 0.1) is 11.8 Å². The summed E-state index contributed by atoms with van der Waals surface area (Å²) in [4.78, 5) is 52.1. The Morgan fingerprint density at radius 1 is 0.410 bits per heavy atom. The number of aromatic nitrogens is 6. The first kappa shape index (κ1) is 77.8. The van der Waals surface area contributed by atoms with Gasteiger partial charge in [-0.1, -0.05) is 87.0 Å². The van der Waals surface area contributed by atoms with E-state index in [0.29, 0.717) is 114 Å². The van der Waals surface area contributed by atoms with Crippen molar-refractivity contribution in [3.05, 3.63) is 132 Å². The molecule has 4 atom stereocenters. The van der Waals surface area contributed by atoms with E-state index in [0.717, 1.165) is 64.2 Å². The largest absolute Gasteiger partial charge is 0.507 e. The number of aliphatic hydroxyl groups is 2.